The van der Waals surface area contributed by atoms with Gasteiger partial charge in [0.15, 0.2) is 11.5 Å². The summed E-state index contributed by atoms with van der Waals surface area (Å²) < 4.78 is 0. The Kier molecular flexibility index (Phi) is 1.95. The van der Waals surface area contributed by atoms with Crippen LogP contribution < -0.4 is 22.3 Å². The van der Waals surface area contributed by atoms with Gasteiger partial charge in [-0.2, -0.15) is 4.98 Å². The quantitative estimate of drug-likeness (QED) is 0.481. The van der Waals surface area contributed by atoms with Crippen molar-refractivity contribution in [1.82, 2.24) is 15.7 Å². The van der Waals surface area contributed by atoms with Crippen molar-refractivity contribution in [1.29, 1.82) is 0 Å². The van der Waals surface area contributed by atoms with E-state index in [1.54, 1.807) is 0 Å². The summed E-state index contributed by atoms with van der Waals surface area (Å²) in [6, 6.07) is 0. The van der Waals surface area contributed by atoms with Gasteiger partial charge < -0.3 is 11.1 Å². The van der Waals surface area contributed by atoms with Crippen molar-refractivity contribution in [2.75, 3.05) is 11.1 Å². The second kappa shape index (κ2) is 2.91. The Hall–Kier alpha value is -2.05. The van der Waals surface area contributed by atoms with Crippen LogP contribution in [0.15, 0.2) is 4.79 Å². The number of rotatable bonds is 2. The number of H-pyrrole nitrogens is 1. The van der Waals surface area contributed by atoms with Crippen LogP contribution in [0, 0.1) is 0 Å². The molecule has 0 unspecified atom stereocenters. The Morgan fingerprint density at radius 1 is 1.67 bits per heavy atom. The first-order chi connectivity index (χ1) is 5.65. The lowest BCUT2D eigenvalue weighted by Gasteiger charge is -2.00. The first-order valence-electron chi connectivity index (χ1n) is 2.96. The number of aromatic amines is 1. The minimum absolute atomic E-state index is 0.151. The number of carbonyl (C=O) groups excluding carboxylic acids is 1. The highest BCUT2D eigenvalue weighted by atomic mass is 16.1. The van der Waals surface area contributed by atoms with Gasteiger partial charge in [-0.05, 0) is 0 Å². The maximum absolute atomic E-state index is 10.9. The maximum Gasteiger partial charge on any atom is 0.278 e. The van der Waals surface area contributed by atoms with Gasteiger partial charge in [0.05, 0.1) is 0 Å². The van der Waals surface area contributed by atoms with Crippen molar-refractivity contribution in [3.05, 3.63) is 10.4 Å². The van der Waals surface area contributed by atoms with Gasteiger partial charge in [-0.3, -0.25) is 20.3 Å². The summed E-state index contributed by atoms with van der Waals surface area (Å²) in [7, 11) is 0. The molecular weight excluding hydrogens is 162 g/mol. The molecule has 5 N–H and O–H groups in total. The fourth-order valence-electron chi connectivity index (χ4n) is 0.683. The van der Waals surface area contributed by atoms with E-state index in [1.165, 1.54) is 0 Å². The summed E-state index contributed by atoms with van der Waals surface area (Å²) >= 11 is 0. The molecule has 1 aromatic heterocycles. The smallest absolute Gasteiger partial charge is 0.278 e. The molecule has 0 saturated carbocycles. The van der Waals surface area contributed by atoms with Crippen LogP contribution >= 0.6 is 0 Å². The summed E-state index contributed by atoms with van der Waals surface area (Å²) in [5.74, 6) is -0.509. The van der Waals surface area contributed by atoms with Crippen molar-refractivity contribution in [3.8, 4) is 0 Å². The minimum Gasteiger partial charge on any atom is -0.369 e. The van der Waals surface area contributed by atoms with E-state index in [9.17, 15) is 9.59 Å². The molecule has 0 spiro atoms. The van der Waals surface area contributed by atoms with Crippen LogP contribution in [0.3, 0.4) is 0 Å². The Morgan fingerprint density at radius 3 is 2.83 bits per heavy atom. The molecule has 0 saturated heterocycles. The lowest BCUT2D eigenvalue weighted by molar-refractivity contribution is -0.105. The van der Waals surface area contributed by atoms with Crippen molar-refractivity contribution in [2.24, 2.45) is 0 Å². The molecule has 12 heavy (non-hydrogen) atoms. The van der Waals surface area contributed by atoms with Crippen LogP contribution in [-0.4, -0.2) is 16.4 Å². The number of nitrogen functional groups attached to an aromatic ring is 1. The van der Waals surface area contributed by atoms with Crippen LogP contribution in [0.4, 0.5) is 17.5 Å². The van der Waals surface area contributed by atoms with Gasteiger partial charge in [0, 0.05) is 0 Å². The summed E-state index contributed by atoms with van der Waals surface area (Å²) in [6.45, 7) is 0. The van der Waals surface area contributed by atoms with Crippen LogP contribution in [0.1, 0.15) is 0 Å². The predicted octanol–water partition coefficient (Wildman–Crippen LogP) is -1.17. The van der Waals surface area contributed by atoms with Crippen molar-refractivity contribution in [2.45, 2.75) is 0 Å². The summed E-state index contributed by atoms with van der Waals surface area (Å²) in [6.07, 6.45) is 0.292. The van der Waals surface area contributed by atoms with E-state index in [-0.39, 0.29) is 17.5 Å². The van der Waals surface area contributed by atoms with Gasteiger partial charge >= 0.3 is 0 Å². The van der Waals surface area contributed by atoms with E-state index in [2.05, 4.69) is 9.97 Å². The molecule has 63 valence electrons. The van der Waals surface area contributed by atoms with E-state index in [0.29, 0.717) is 6.41 Å². The number of anilines is 2. The minimum atomic E-state index is -0.639. The number of hydrogen-bond donors (Lipinski definition) is 3. The average Bonchev–Trinajstić information content (AvgIpc) is 1.96. The highest BCUT2D eigenvalue weighted by Gasteiger charge is 2.06. The fraction of sp³-hybridized carbons (Fsp3) is 0. The topological polar surface area (TPSA) is 125 Å². The van der Waals surface area contributed by atoms with E-state index >= 15 is 0 Å². The molecule has 0 aromatic carbocycles. The predicted molar refractivity (Wildman–Crippen MR) is 41.7 cm³/mol. The molecule has 1 radical (unpaired) electrons. The molecule has 1 amide bonds. The maximum atomic E-state index is 10.9. The molecule has 1 rings (SSSR count). The average molecular weight is 168 g/mol. The van der Waals surface area contributed by atoms with E-state index in [1.807, 2.05) is 5.32 Å². The van der Waals surface area contributed by atoms with E-state index in [0.717, 1.165) is 0 Å². The van der Waals surface area contributed by atoms with Gasteiger partial charge in [0.25, 0.3) is 5.56 Å². The van der Waals surface area contributed by atoms with Gasteiger partial charge in [0.2, 0.25) is 12.4 Å². The van der Waals surface area contributed by atoms with Gasteiger partial charge in [-0.15, -0.1) is 0 Å². The second-order valence-electron chi connectivity index (χ2n) is 1.94. The largest absolute Gasteiger partial charge is 0.369 e. The first-order valence-corrected chi connectivity index (χ1v) is 2.96. The molecule has 0 aliphatic rings. The van der Waals surface area contributed by atoms with Crippen LogP contribution in [-0.2, 0) is 4.79 Å². The molecule has 7 heteroatoms. The molecule has 0 aliphatic heterocycles. The SMILES string of the molecule is [NH]c1nc(N)[nH]c(=O)c1NC=O. The van der Waals surface area contributed by atoms with Gasteiger partial charge in [-0.1, -0.05) is 0 Å². The summed E-state index contributed by atoms with van der Waals surface area (Å²) in [4.78, 5) is 26.4. The Balaban J connectivity index is 3.28. The molecule has 0 fully saturated rings. The van der Waals surface area contributed by atoms with Crippen LogP contribution in [0.5, 0.6) is 0 Å². The standard InChI is InChI=1S/C5H6N5O2/c6-3-2(8-1-11)4(12)10-5(7)9-3/h1,6H,(H,8,11)(H3,7,9,10,12). The summed E-state index contributed by atoms with van der Waals surface area (Å²) in [5, 5.41) is 2.04. The number of nitrogens with two attached hydrogens (primary N) is 1. The van der Waals surface area contributed by atoms with E-state index in [4.69, 9.17) is 11.5 Å². The Morgan fingerprint density at radius 2 is 2.33 bits per heavy atom. The van der Waals surface area contributed by atoms with Crippen LogP contribution in [0.25, 0.3) is 0 Å². The monoisotopic (exact) mass is 168 g/mol. The van der Waals surface area contributed by atoms with Crippen LogP contribution in [0.2, 0.25) is 0 Å². The fourth-order valence-corrected chi connectivity index (χ4v) is 0.683. The first kappa shape index (κ1) is 8.05. The second-order valence-corrected chi connectivity index (χ2v) is 1.94. The third-order valence-electron chi connectivity index (χ3n) is 1.14. The lowest BCUT2D eigenvalue weighted by atomic mass is 10.5. The van der Waals surface area contributed by atoms with Crippen molar-refractivity contribution >= 4 is 23.9 Å². The normalized spacial score (nSPS) is 9.33. The van der Waals surface area contributed by atoms with Crippen molar-refractivity contribution in [3.63, 3.8) is 0 Å². The zero-order valence-electron chi connectivity index (χ0n) is 5.92. The zero-order chi connectivity index (χ0) is 9.14. The Bertz CT molecular complexity index is 357. The number of amides is 1. The highest BCUT2D eigenvalue weighted by molar-refractivity contribution is 5.76. The summed E-state index contributed by atoms with van der Waals surface area (Å²) in [5.41, 5.74) is 11.4. The highest BCUT2D eigenvalue weighted by Crippen LogP contribution is 2.09. The molecule has 0 aliphatic carbocycles. The Labute approximate surface area is 66.8 Å². The third-order valence-corrected chi connectivity index (χ3v) is 1.14. The van der Waals surface area contributed by atoms with Gasteiger partial charge in [-0.25, -0.2) is 0 Å². The molecule has 0 bridgehead atoms. The molecule has 0 atom stereocenters. The number of aromatic nitrogens is 2. The number of nitrogens with zero attached hydrogens (tertiary/aromatic N) is 1. The number of hydrogen-bond acceptors (Lipinski definition) is 4. The third kappa shape index (κ3) is 1.34. The lowest BCUT2D eigenvalue weighted by Crippen LogP contribution is -2.16. The zero-order valence-corrected chi connectivity index (χ0v) is 5.92. The molecular formula is C5H6N5O2. The molecule has 1 heterocycles. The molecule has 1 aromatic rings. The molecule has 7 nitrogen and oxygen atoms in total. The van der Waals surface area contributed by atoms with Crippen molar-refractivity contribution < 1.29 is 4.79 Å². The van der Waals surface area contributed by atoms with E-state index < -0.39 is 5.56 Å². The number of carbonyl (C=O) groups is 1. The number of nitrogens with one attached hydrogen (secondary N) is 3. The van der Waals surface area contributed by atoms with Gasteiger partial charge in [0.1, 0.15) is 0 Å².